The third kappa shape index (κ3) is 8.63. The molecule has 2 aliphatic rings. The second-order valence-corrected chi connectivity index (χ2v) is 11.0. The van der Waals surface area contributed by atoms with Crippen LogP contribution in [-0.4, -0.2) is 78.0 Å². The number of carbonyl (C=O) groups excluding carboxylic acids is 1. The maximum Gasteiger partial charge on any atom is 0.490 e. The molecule has 0 unspecified atom stereocenters. The van der Waals surface area contributed by atoms with Crippen molar-refractivity contribution in [2.45, 2.75) is 42.8 Å². The first-order valence-corrected chi connectivity index (χ1v) is 14.3. The van der Waals surface area contributed by atoms with E-state index in [-0.39, 0.29) is 16.8 Å². The Morgan fingerprint density at radius 3 is 2.17 bits per heavy atom. The summed E-state index contributed by atoms with van der Waals surface area (Å²) in [6.07, 6.45) is -0.903. The van der Waals surface area contributed by atoms with Crippen molar-refractivity contribution in [2.24, 2.45) is 0 Å². The maximum atomic E-state index is 13.3. The Balaban J connectivity index is 0.000000587. The fraction of sp³-hybridized carbons (Fsp3) is 0.462. The molecule has 1 heterocycles. The van der Waals surface area contributed by atoms with Crippen LogP contribution in [0.3, 0.4) is 0 Å². The highest BCUT2D eigenvalue weighted by molar-refractivity contribution is 7.92. The van der Waals surface area contributed by atoms with Crippen LogP contribution in [0.15, 0.2) is 41.3 Å². The fourth-order valence-corrected chi connectivity index (χ4v) is 5.55. The average molecular weight is 603 g/mol. The van der Waals surface area contributed by atoms with Gasteiger partial charge in [-0.2, -0.15) is 13.2 Å². The Kier molecular flexibility index (Phi) is 10.7. The number of ether oxygens (including phenoxy) is 2. The van der Waals surface area contributed by atoms with Gasteiger partial charge in [-0.25, -0.2) is 13.2 Å². The number of hydrogen-bond donors (Lipinski definition) is 4. The van der Waals surface area contributed by atoms with Crippen LogP contribution in [0.25, 0.3) is 0 Å². The minimum atomic E-state index is -5.08. The number of amides is 1. The van der Waals surface area contributed by atoms with Gasteiger partial charge in [-0.1, -0.05) is 12.8 Å². The normalized spacial score (nSPS) is 15.9. The number of carboxylic acids is 1. The van der Waals surface area contributed by atoms with Crippen molar-refractivity contribution in [1.29, 1.82) is 0 Å². The molecule has 4 N–H and O–H groups in total. The Bertz CT molecular complexity index is 1330. The number of nitrogens with one attached hydrogen (secondary N) is 3. The van der Waals surface area contributed by atoms with E-state index in [0.29, 0.717) is 22.7 Å². The van der Waals surface area contributed by atoms with Crippen molar-refractivity contribution >= 4 is 33.3 Å². The SMILES string of the molecule is COc1ccc(S(=O)(=O)Nc2cc(C(=O)NC3CCCC3)ccc2N2CCNCC2)cc1OC.O=C(O)C(F)(F)F. The van der Waals surface area contributed by atoms with Crippen molar-refractivity contribution in [2.75, 3.05) is 50.0 Å². The number of aliphatic carboxylic acids is 1. The molecule has 2 aromatic carbocycles. The van der Waals surface area contributed by atoms with Crippen molar-refractivity contribution in [3.05, 3.63) is 42.0 Å². The molecule has 226 valence electrons. The zero-order valence-corrected chi connectivity index (χ0v) is 23.4. The Labute approximate surface area is 236 Å². The fourth-order valence-electron chi connectivity index (χ4n) is 4.47. The molecule has 1 saturated heterocycles. The Morgan fingerprint density at radius 2 is 1.61 bits per heavy atom. The van der Waals surface area contributed by atoms with Gasteiger partial charge < -0.3 is 30.1 Å². The molecule has 0 aromatic heterocycles. The second-order valence-electron chi connectivity index (χ2n) is 9.35. The van der Waals surface area contributed by atoms with E-state index in [4.69, 9.17) is 19.4 Å². The number of benzene rings is 2. The van der Waals surface area contributed by atoms with E-state index in [1.807, 2.05) is 6.07 Å². The number of nitrogens with zero attached hydrogens (tertiary/aromatic N) is 1. The van der Waals surface area contributed by atoms with Crippen molar-refractivity contribution in [3.63, 3.8) is 0 Å². The van der Waals surface area contributed by atoms with Gasteiger partial charge >= 0.3 is 12.1 Å². The highest BCUT2D eigenvalue weighted by atomic mass is 32.2. The highest BCUT2D eigenvalue weighted by Gasteiger charge is 2.38. The Hall–Kier alpha value is -3.72. The summed E-state index contributed by atoms with van der Waals surface area (Å²) in [7, 11) is -1.01. The van der Waals surface area contributed by atoms with Gasteiger partial charge in [0.1, 0.15) is 0 Å². The van der Waals surface area contributed by atoms with Gasteiger partial charge in [0, 0.05) is 43.9 Å². The topological polar surface area (TPSA) is 146 Å². The number of anilines is 2. The number of carboxylic acid groups (broad SMARTS) is 1. The molecule has 11 nitrogen and oxygen atoms in total. The minimum Gasteiger partial charge on any atom is -0.493 e. The summed E-state index contributed by atoms with van der Waals surface area (Å²) in [5.41, 5.74) is 1.54. The van der Waals surface area contributed by atoms with Gasteiger partial charge in [0.2, 0.25) is 0 Å². The Morgan fingerprint density at radius 1 is 1.00 bits per heavy atom. The van der Waals surface area contributed by atoms with Crippen molar-refractivity contribution in [1.82, 2.24) is 10.6 Å². The van der Waals surface area contributed by atoms with Gasteiger partial charge in [0.05, 0.1) is 30.5 Å². The number of alkyl halides is 3. The molecule has 1 saturated carbocycles. The third-order valence-electron chi connectivity index (χ3n) is 6.56. The highest BCUT2D eigenvalue weighted by Crippen LogP contribution is 2.33. The zero-order valence-electron chi connectivity index (χ0n) is 22.6. The number of rotatable bonds is 8. The van der Waals surface area contributed by atoms with Crippen LogP contribution in [0.5, 0.6) is 11.5 Å². The predicted octanol–water partition coefficient (Wildman–Crippen LogP) is 3.22. The minimum absolute atomic E-state index is 0.0391. The molecular weight excluding hydrogens is 569 g/mol. The predicted molar refractivity (Wildman–Crippen MR) is 145 cm³/mol. The molecule has 0 atom stereocenters. The summed E-state index contributed by atoms with van der Waals surface area (Å²) >= 11 is 0. The van der Waals surface area contributed by atoms with E-state index >= 15 is 0 Å². The largest absolute Gasteiger partial charge is 0.493 e. The van der Waals surface area contributed by atoms with Crippen LogP contribution in [0.1, 0.15) is 36.0 Å². The average Bonchev–Trinajstić information content (AvgIpc) is 3.45. The van der Waals surface area contributed by atoms with E-state index in [1.54, 1.807) is 18.2 Å². The molecule has 15 heteroatoms. The van der Waals surface area contributed by atoms with Crippen LogP contribution in [-0.2, 0) is 14.8 Å². The van der Waals surface area contributed by atoms with Gasteiger partial charge in [0.25, 0.3) is 15.9 Å². The lowest BCUT2D eigenvalue weighted by molar-refractivity contribution is -0.192. The van der Waals surface area contributed by atoms with Crippen LogP contribution >= 0.6 is 0 Å². The van der Waals surface area contributed by atoms with Crippen LogP contribution in [0, 0.1) is 0 Å². The first kappa shape index (κ1) is 31.8. The summed E-state index contributed by atoms with van der Waals surface area (Å²) in [4.78, 5) is 23.9. The number of halogens is 3. The first-order valence-electron chi connectivity index (χ1n) is 12.8. The first-order chi connectivity index (χ1) is 19.4. The van der Waals surface area contributed by atoms with Gasteiger partial charge in [-0.15, -0.1) is 0 Å². The monoisotopic (exact) mass is 602 g/mol. The van der Waals surface area contributed by atoms with Crippen LogP contribution in [0.4, 0.5) is 24.5 Å². The molecule has 0 bridgehead atoms. The summed E-state index contributed by atoms with van der Waals surface area (Å²) in [5, 5.41) is 13.5. The van der Waals surface area contributed by atoms with Crippen LogP contribution < -0.4 is 29.7 Å². The molecule has 4 rings (SSSR count). The van der Waals surface area contributed by atoms with E-state index in [1.165, 1.54) is 26.4 Å². The molecule has 0 radical (unpaired) electrons. The zero-order chi connectivity index (χ0) is 30.2. The molecule has 0 spiro atoms. The van der Waals surface area contributed by atoms with Crippen LogP contribution in [0.2, 0.25) is 0 Å². The van der Waals surface area contributed by atoms with Gasteiger partial charge in [-0.05, 0) is 43.2 Å². The van der Waals surface area contributed by atoms with Crippen molar-refractivity contribution in [3.8, 4) is 11.5 Å². The lowest BCUT2D eigenvalue weighted by atomic mass is 10.1. The number of methoxy groups -OCH3 is 2. The molecule has 1 aliphatic carbocycles. The number of piperazine rings is 1. The molecule has 2 fully saturated rings. The smallest absolute Gasteiger partial charge is 0.490 e. The molecular formula is C26H33F3N4O7S. The third-order valence-corrected chi connectivity index (χ3v) is 7.92. The summed E-state index contributed by atoms with van der Waals surface area (Å²) < 4.78 is 71.6. The lowest BCUT2D eigenvalue weighted by Crippen LogP contribution is -2.43. The number of sulfonamides is 1. The molecule has 41 heavy (non-hydrogen) atoms. The molecule has 2 aromatic rings. The summed E-state index contributed by atoms with van der Waals surface area (Å²) in [6.45, 7) is 3.06. The second kappa shape index (κ2) is 13.8. The standard InChI is InChI=1S/C24H32N4O5S.C2HF3O2/c1-32-22-10-8-19(16-23(22)33-2)34(30,31)27-20-15-17(24(29)26-18-5-3-4-6-18)7-9-21(20)28-13-11-25-12-14-28;3-2(4,5)1(6)7/h7-10,15-16,18,25,27H,3-6,11-14H2,1-2H3,(H,26,29);(H,6,7). The van der Waals surface area contributed by atoms with E-state index < -0.39 is 22.2 Å². The van der Waals surface area contributed by atoms with Gasteiger partial charge in [-0.3, -0.25) is 9.52 Å². The van der Waals surface area contributed by atoms with E-state index in [2.05, 4.69) is 20.3 Å². The number of carbonyl (C=O) groups is 2. The summed E-state index contributed by atoms with van der Waals surface area (Å²) in [6, 6.07) is 9.81. The molecule has 1 amide bonds. The summed E-state index contributed by atoms with van der Waals surface area (Å²) in [5.74, 6) is -2.19. The quantitative estimate of drug-likeness (QED) is 0.358. The lowest BCUT2D eigenvalue weighted by Gasteiger charge is -2.31. The number of hydrogen-bond acceptors (Lipinski definition) is 8. The molecule has 1 aliphatic heterocycles. The van der Waals surface area contributed by atoms with E-state index in [9.17, 15) is 26.4 Å². The maximum absolute atomic E-state index is 13.3. The van der Waals surface area contributed by atoms with Gasteiger partial charge in [0.15, 0.2) is 11.5 Å². The van der Waals surface area contributed by atoms with Crippen molar-refractivity contribution < 1.29 is 45.8 Å². The van der Waals surface area contributed by atoms with E-state index in [0.717, 1.165) is 57.5 Å².